The number of nitrogens with one attached hydrogen (secondary N) is 1. The number of H-pyrrole nitrogens is 1. The smallest absolute Gasteiger partial charge is 0.280 e. The van der Waals surface area contributed by atoms with Gasteiger partial charge in [0.2, 0.25) is 5.95 Å². The van der Waals surface area contributed by atoms with E-state index >= 15 is 0 Å². The van der Waals surface area contributed by atoms with Crippen molar-refractivity contribution in [2.24, 2.45) is 0 Å². The fourth-order valence-corrected chi connectivity index (χ4v) is 1.23. The van der Waals surface area contributed by atoms with Gasteiger partial charge in [-0.2, -0.15) is 4.98 Å². The SMILES string of the molecule is C/C(O)=C(/O)c1cnc2nc(N)[nH]c(=O)c2n1. The Labute approximate surface area is 94.5 Å². The van der Waals surface area contributed by atoms with E-state index in [4.69, 9.17) is 10.8 Å². The molecule has 88 valence electrons. The lowest BCUT2D eigenvalue weighted by molar-refractivity contribution is 0.382. The van der Waals surface area contributed by atoms with Crippen molar-refractivity contribution in [2.45, 2.75) is 6.92 Å². The Morgan fingerprint density at radius 1 is 1.41 bits per heavy atom. The van der Waals surface area contributed by atoms with Crippen molar-refractivity contribution in [1.82, 2.24) is 19.9 Å². The third-order valence-electron chi connectivity index (χ3n) is 2.02. The average Bonchev–Trinajstić information content (AvgIpc) is 2.27. The molecule has 0 fully saturated rings. The minimum absolute atomic E-state index is 0.0189. The van der Waals surface area contributed by atoms with Gasteiger partial charge in [0.15, 0.2) is 16.9 Å². The molecule has 0 aliphatic heterocycles. The number of rotatable bonds is 1. The molecule has 0 saturated heterocycles. The summed E-state index contributed by atoms with van der Waals surface area (Å²) in [6.45, 7) is 1.28. The van der Waals surface area contributed by atoms with Crippen LogP contribution in [0.4, 0.5) is 5.95 Å². The highest BCUT2D eigenvalue weighted by atomic mass is 16.3. The average molecular weight is 235 g/mol. The van der Waals surface area contributed by atoms with E-state index in [0.717, 1.165) is 0 Å². The molecule has 0 saturated carbocycles. The normalized spacial score (nSPS) is 12.5. The second-order valence-corrected chi connectivity index (χ2v) is 3.31. The molecule has 0 atom stereocenters. The Bertz CT molecular complexity index is 672. The van der Waals surface area contributed by atoms with E-state index in [2.05, 4.69) is 19.9 Å². The second kappa shape index (κ2) is 3.74. The Kier molecular flexibility index (Phi) is 2.39. The van der Waals surface area contributed by atoms with Crippen molar-refractivity contribution >= 4 is 22.9 Å². The number of nitrogen functional groups attached to an aromatic ring is 1. The molecule has 5 N–H and O–H groups in total. The van der Waals surface area contributed by atoms with E-state index in [1.807, 2.05) is 0 Å². The Hall–Kier alpha value is -2.64. The number of aromatic nitrogens is 4. The van der Waals surface area contributed by atoms with Gasteiger partial charge in [-0.25, -0.2) is 9.97 Å². The van der Waals surface area contributed by atoms with Gasteiger partial charge in [-0.1, -0.05) is 0 Å². The van der Waals surface area contributed by atoms with Crippen LogP contribution in [0.2, 0.25) is 0 Å². The van der Waals surface area contributed by atoms with Gasteiger partial charge in [-0.3, -0.25) is 9.78 Å². The monoisotopic (exact) mass is 235 g/mol. The van der Waals surface area contributed by atoms with E-state index in [1.165, 1.54) is 13.1 Å². The summed E-state index contributed by atoms with van der Waals surface area (Å²) in [6, 6.07) is 0. The van der Waals surface area contributed by atoms with Crippen LogP contribution >= 0.6 is 0 Å². The molecule has 2 aromatic heterocycles. The van der Waals surface area contributed by atoms with E-state index in [0.29, 0.717) is 0 Å². The van der Waals surface area contributed by atoms with Crippen LogP contribution in [-0.4, -0.2) is 30.1 Å². The summed E-state index contributed by atoms with van der Waals surface area (Å²) in [5.41, 5.74) is 4.76. The molecule has 0 radical (unpaired) electrons. The minimum atomic E-state index is -0.565. The molecule has 0 unspecified atom stereocenters. The predicted molar refractivity (Wildman–Crippen MR) is 60.2 cm³/mol. The van der Waals surface area contributed by atoms with Crippen molar-refractivity contribution in [3.8, 4) is 0 Å². The van der Waals surface area contributed by atoms with E-state index in [-0.39, 0.29) is 28.6 Å². The largest absolute Gasteiger partial charge is 0.509 e. The minimum Gasteiger partial charge on any atom is -0.509 e. The first-order chi connectivity index (χ1) is 7.99. The van der Waals surface area contributed by atoms with Crippen LogP contribution in [0.5, 0.6) is 0 Å². The zero-order chi connectivity index (χ0) is 12.6. The highest BCUT2D eigenvalue weighted by Crippen LogP contribution is 2.12. The van der Waals surface area contributed by atoms with Crippen LogP contribution in [0.3, 0.4) is 0 Å². The summed E-state index contributed by atoms with van der Waals surface area (Å²) >= 11 is 0. The van der Waals surface area contributed by atoms with Crippen LogP contribution in [0.25, 0.3) is 16.9 Å². The number of allylic oxidation sites excluding steroid dienone is 1. The number of aliphatic hydroxyl groups is 2. The number of fused-ring (bicyclic) bond motifs is 1. The molecule has 0 aliphatic carbocycles. The molecule has 0 aliphatic rings. The molecule has 8 nitrogen and oxygen atoms in total. The lowest BCUT2D eigenvalue weighted by atomic mass is 10.3. The van der Waals surface area contributed by atoms with Crippen molar-refractivity contribution in [3.05, 3.63) is 28.0 Å². The number of nitrogens with two attached hydrogens (primary N) is 1. The highest BCUT2D eigenvalue weighted by molar-refractivity contribution is 5.71. The predicted octanol–water partition coefficient (Wildman–Crippen LogP) is 0.0998. The third-order valence-corrected chi connectivity index (χ3v) is 2.02. The summed E-state index contributed by atoms with van der Waals surface area (Å²) in [7, 11) is 0. The lowest BCUT2D eigenvalue weighted by Crippen LogP contribution is -2.14. The summed E-state index contributed by atoms with van der Waals surface area (Å²) in [5, 5.41) is 18.6. The number of hydrogen-bond donors (Lipinski definition) is 4. The molecule has 0 spiro atoms. The maximum atomic E-state index is 11.5. The molecule has 2 aromatic rings. The molecule has 0 aromatic carbocycles. The number of nitrogens with zero attached hydrogens (tertiary/aromatic N) is 3. The maximum Gasteiger partial charge on any atom is 0.280 e. The van der Waals surface area contributed by atoms with Crippen molar-refractivity contribution < 1.29 is 10.2 Å². The lowest BCUT2D eigenvalue weighted by Gasteiger charge is -2.02. The second-order valence-electron chi connectivity index (χ2n) is 3.31. The highest BCUT2D eigenvalue weighted by Gasteiger charge is 2.10. The van der Waals surface area contributed by atoms with Gasteiger partial charge in [0.25, 0.3) is 5.56 Å². The molecular formula is C9H9N5O3. The van der Waals surface area contributed by atoms with Crippen molar-refractivity contribution in [3.63, 3.8) is 0 Å². The molecule has 2 rings (SSSR count). The van der Waals surface area contributed by atoms with Gasteiger partial charge in [0.1, 0.15) is 11.5 Å². The van der Waals surface area contributed by atoms with Crippen LogP contribution in [0, 0.1) is 0 Å². The molecule has 8 heteroatoms. The molecule has 17 heavy (non-hydrogen) atoms. The van der Waals surface area contributed by atoms with Gasteiger partial charge in [-0.15, -0.1) is 0 Å². The summed E-state index contributed by atoms with van der Waals surface area (Å²) < 4.78 is 0. The Morgan fingerprint density at radius 3 is 2.76 bits per heavy atom. The van der Waals surface area contributed by atoms with Crippen LogP contribution < -0.4 is 11.3 Å². The zero-order valence-corrected chi connectivity index (χ0v) is 8.80. The summed E-state index contributed by atoms with van der Waals surface area (Å²) in [4.78, 5) is 25.2. The van der Waals surface area contributed by atoms with Gasteiger partial charge in [0.05, 0.1) is 6.20 Å². The van der Waals surface area contributed by atoms with Gasteiger partial charge >= 0.3 is 0 Å². The Balaban J connectivity index is 2.75. The third kappa shape index (κ3) is 1.87. The van der Waals surface area contributed by atoms with Crippen LogP contribution in [0.1, 0.15) is 12.6 Å². The standard InChI is InChI=1S/C9H9N5O3/c1-3(15)6(16)4-2-11-7-5(12-4)8(17)14-9(10)13-7/h2,15-16H,1H3,(H3,10,11,13,14,17)/b6-3-. The summed E-state index contributed by atoms with van der Waals surface area (Å²) in [6.07, 6.45) is 1.18. The van der Waals surface area contributed by atoms with Crippen LogP contribution in [-0.2, 0) is 0 Å². The number of aliphatic hydroxyl groups excluding tert-OH is 2. The molecular weight excluding hydrogens is 226 g/mol. The van der Waals surface area contributed by atoms with Gasteiger partial charge < -0.3 is 15.9 Å². The van der Waals surface area contributed by atoms with Crippen molar-refractivity contribution in [1.29, 1.82) is 0 Å². The van der Waals surface area contributed by atoms with Crippen LogP contribution in [0.15, 0.2) is 16.8 Å². The number of hydrogen-bond acceptors (Lipinski definition) is 7. The van der Waals surface area contributed by atoms with Gasteiger partial charge in [0, 0.05) is 0 Å². The first-order valence-corrected chi connectivity index (χ1v) is 4.60. The maximum absolute atomic E-state index is 11.5. The first kappa shape index (κ1) is 10.9. The number of aromatic amines is 1. The topological polar surface area (TPSA) is 138 Å². The molecule has 0 bridgehead atoms. The fourth-order valence-electron chi connectivity index (χ4n) is 1.23. The quantitative estimate of drug-likeness (QED) is 0.514. The summed E-state index contributed by atoms with van der Waals surface area (Å²) in [5.74, 6) is -0.836. The first-order valence-electron chi connectivity index (χ1n) is 4.60. The number of anilines is 1. The van der Waals surface area contributed by atoms with E-state index < -0.39 is 11.3 Å². The van der Waals surface area contributed by atoms with Gasteiger partial charge in [-0.05, 0) is 6.92 Å². The van der Waals surface area contributed by atoms with Crippen molar-refractivity contribution in [2.75, 3.05) is 5.73 Å². The van der Waals surface area contributed by atoms with E-state index in [9.17, 15) is 9.90 Å². The fraction of sp³-hybridized carbons (Fsp3) is 0.111. The van der Waals surface area contributed by atoms with E-state index in [1.54, 1.807) is 0 Å². The molecule has 2 heterocycles. The Morgan fingerprint density at radius 2 is 2.12 bits per heavy atom. The molecule has 0 amide bonds. The zero-order valence-electron chi connectivity index (χ0n) is 8.80.